The first-order chi connectivity index (χ1) is 15.6. The van der Waals surface area contributed by atoms with Gasteiger partial charge in [-0.05, 0) is 45.1 Å². The summed E-state index contributed by atoms with van der Waals surface area (Å²) < 4.78 is 10.8. The predicted octanol–water partition coefficient (Wildman–Crippen LogP) is 7.43. The summed E-state index contributed by atoms with van der Waals surface area (Å²) in [6.07, 6.45) is 14.7. The summed E-state index contributed by atoms with van der Waals surface area (Å²) >= 11 is 0. The van der Waals surface area contributed by atoms with Crippen molar-refractivity contribution in [3.8, 4) is 0 Å². The number of hydrogen-bond donors (Lipinski definition) is 0. The fourth-order valence-electron chi connectivity index (χ4n) is 4.31. The number of aryl methyl sites for hydroxylation is 1. The van der Waals surface area contributed by atoms with Crippen LogP contribution in [-0.2, 0) is 25.5 Å². The number of carbonyl (C=O) groups excluding carboxylic acids is 2. The molecule has 0 heterocycles. The molecule has 1 aromatic carbocycles. The number of rotatable bonds is 19. The lowest BCUT2D eigenvalue weighted by molar-refractivity contribution is -0.173. The lowest BCUT2D eigenvalue weighted by Crippen LogP contribution is -2.42. The van der Waals surface area contributed by atoms with E-state index >= 15 is 0 Å². The van der Waals surface area contributed by atoms with Crippen LogP contribution >= 0.6 is 0 Å². The Labute approximate surface area is 196 Å². The van der Waals surface area contributed by atoms with Crippen LogP contribution in [-0.4, -0.2) is 25.2 Å². The molecule has 0 aromatic heterocycles. The van der Waals surface area contributed by atoms with Crippen molar-refractivity contribution >= 4 is 11.9 Å². The minimum Gasteiger partial charge on any atom is -0.465 e. The molecule has 1 rings (SSSR count). The average molecular weight is 447 g/mol. The minimum atomic E-state index is -1.18. The lowest BCUT2D eigenvalue weighted by Gasteiger charge is -2.29. The molecule has 0 saturated heterocycles. The first-order valence-corrected chi connectivity index (χ1v) is 13.0. The van der Waals surface area contributed by atoms with Gasteiger partial charge in [0.25, 0.3) is 0 Å². The Morgan fingerprint density at radius 1 is 0.656 bits per heavy atom. The number of unbranched alkanes of at least 4 members (excludes halogenated alkanes) is 9. The summed E-state index contributed by atoms with van der Waals surface area (Å²) in [6.45, 7) is 6.37. The van der Waals surface area contributed by atoms with Gasteiger partial charge in [0.15, 0.2) is 5.41 Å². The Kier molecular flexibility index (Phi) is 15.6. The van der Waals surface area contributed by atoms with E-state index in [-0.39, 0.29) is 13.2 Å². The van der Waals surface area contributed by atoms with Crippen LogP contribution in [0.3, 0.4) is 0 Å². The fraction of sp³-hybridized carbons (Fsp3) is 0.714. The standard InChI is InChI=1S/C28H46O4/c1-4-7-8-9-10-11-12-13-14-18-23-28(26(29)31-5-2,27(30)32-6-3)24-19-22-25-20-16-15-17-21-25/h15-17,20-21H,4-14,18-19,22-24H2,1-3H3. The maximum atomic E-state index is 13.0. The van der Waals surface area contributed by atoms with Gasteiger partial charge in [0.05, 0.1) is 13.2 Å². The number of ether oxygens (including phenoxy) is 2. The van der Waals surface area contributed by atoms with Gasteiger partial charge in [-0.2, -0.15) is 0 Å². The Balaban J connectivity index is 2.62. The Bertz CT molecular complexity index is 593. The van der Waals surface area contributed by atoms with Crippen molar-refractivity contribution in [2.24, 2.45) is 5.41 Å². The van der Waals surface area contributed by atoms with Crippen molar-refractivity contribution in [2.45, 2.75) is 111 Å². The number of hydrogen-bond acceptors (Lipinski definition) is 4. The smallest absolute Gasteiger partial charge is 0.323 e. The molecule has 0 aliphatic rings. The molecule has 182 valence electrons. The molecule has 0 saturated carbocycles. The first kappa shape index (κ1) is 28.2. The molecule has 0 aliphatic heterocycles. The maximum Gasteiger partial charge on any atom is 0.323 e. The van der Waals surface area contributed by atoms with E-state index in [1.54, 1.807) is 13.8 Å². The first-order valence-electron chi connectivity index (χ1n) is 13.0. The topological polar surface area (TPSA) is 52.6 Å². The summed E-state index contributed by atoms with van der Waals surface area (Å²) in [4.78, 5) is 26.0. The van der Waals surface area contributed by atoms with Crippen LogP contribution in [0.15, 0.2) is 30.3 Å². The van der Waals surface area contributed by atoms with Crippen molar-refractivity contribution in [1.82, 2.24) is 0 Å². The molecule has 0 fully saturated rings. The molecular formula is C28H46O4. The van der Waals surface area contributed by atoms with Crippen LogP contribution in [0.2, 0.25) is 0 Å². The third-order valence-corrected chi connectivity index (χ3v) is 6.20. The summed E-state index contributed by atoms with van der Waals surface area (Å²) in [5.41, 5.74) is 0.0362. The van der Waals surface area contributed by atoms with Crippen LogP contribution in [0.4, 0.5) is 0 Å². The highest BCUT2D eigenvalue weighted by Gasteiger charge is 2.47. The molecule has 32 heavy (non-hydrogen) atoms. The zero-order chi connectivity index (χ0) is 23.5. The van der Waals surface area contributed by atoms with Gasteiger partial charge >= 0.3 is 11.9 Å². The van der Waals surface area contributed by atoms with Gasteiger partial charge < -0.3 is 9.47 Å². The number of esters is 2. The van der Waals surface area contributed by atoms with Crippen LogP contribution in [0.5, 0.6) is 0 Å². The van der Waals surface area contributed by atoms with Gasteiger partial charge in [-0.3, -0.25) is 9.59 Å². The second-order valence-corrected chi connectivity index (χ2v) is 8.79. The second kappa shape index (κ2) is 17.7. The molecule has 0 N–H and O–H groups in total. The van der Waals surface area contributed by atoms with Crippen molar-refractivity contribution in [3.63, 3.8) is 0 Å². The normalized spacial score (nSPS) is 11.3. The van der Waals surface area contributed by atoms with Crippen molar-refractivity contribution < 1.29 is 19.1 Å². The molecule has 0 radical (unpaired) electrons. The van der Waals surface area contributed by atoms with Crippen molar-refractivity contribution in [3.05, 3.63) is 35.9 Å². The largest absolute Gasteiger partial charge is 0.465 e. The lowest BCUT2D eigenvalue weighted by atomic mass is 9.77. The van der Waals surface area contributed by atoms with Gasteiger partial charge in [-0.25, -0.2) is 0 Å². The molecule has 1 aromatic rings. The molecule has 0 amide bonds. The number of carbonyl (C=O) groups is 2. The fourth-order valence-corrected chi connectivity index (χ4v) is 4.31. The highest BCUT2D eigenvalue weighted by molar-refractivity contribution is 6.00. The van der Waals surface area contributed by atoms with E-state index in [1.807, 2.05) is 18.2 Å². The summed E-state index contributed by atoms with van der Waals surface area (Å²) in [6, 6.07) is 10.2. The van der Waals surface area contributed by atoms with Crippen LogP contribution in [0, 0.1) is 5.41 Å². The van der Waals surface area contributed by atoms with E-state index in [1.165, 1.54) is 50.5 Å². The van der Waals surface area contributed by atoms with Gasteiger partial charge in [-0.15, -0.1) is 0 Å². The molecule has 4 nitrogen and oxygen atoms in total. The van der Waals surface area contributed by atoms with Crippen molar-refractivity contribution in [1.29, 1.82) is 0 Å². The molecule has 0 atom stereocenters. The van der Waals surface area contributed by atoms with E-state index in [2.05, 4.69) is 19.1 Å². The van der Waals surface area contributed by atoms with E-state index < -0.39 is 17.4 Å². The molecule has 0 spiro atoms. The predicted molar refractivity (Wildman–Crippen MR) is 132 cm³/mol. The third kappa shape index (κ3) is 10.7. The van der Waals surface area contributed by atoms with E-state index in [0.717, 1.165) is 32.1 Å². The van der Waals surface area contributed by atoms with Gasteiger partial charge in [0, 0.05) is 0 Å². The quantitative estimate of drug-likeness (QED) is 0.126. The average Bonchev–Trinajstić information content (AvgIpc) is 2.80. The molecule has 4 heteroatoms. The Morgan fingerprint density at radius 3 is 1.62 bits per heavy atom. The highest BCUT2D eigenvalue weighted by Crippen LogP contribution is 2.35. The van der Waals surface area contributed by atoms with Gasteiger partial charge in [-0.1, -0.05) is 101 Å². The second-order valence-electron chi connectivity index (χ2n) is 8.79. The molecule has 0 bridgehead atoms. The van der Waals surface area contributed by atoms with E-state index in [0.29, 0.717) is 12.8 Å². The molecule has 0 aliphatic carbocycles. The summed E-state index contributed by atoms with van der Waals surface area (Å²) in [7, 11) is 0. The monoisotopic (exact) mass is 446 g/mol. The zero-order valence-corrected chi connectivity index (χ0v) is 20.8. The number of benzene rings is 1. The summed E-state index contributed by atoms with van der Waals surface area (Å²) in [5.74, 6) is -0.829. The maximum absolute atomic E-state index is 13.0. The highest BCUT2D eigenvalue weighted by atomic mass is 16.6. The van der Waals surface area contributed by atoms with Crippen LogP contribution in [0.1, 0.15) is 110 Å². The van der Waals surface area contributed by atoms with Crippen LogP contribution in [0.25, 0.3) is 0 Å². The summed E-state index contributed by atoms with van der Waals surface area (Å²) in [5, 5.41) is 0. The minimum absolute atomic E-state index is 0.275. The van der Waals surface area contributed by atoms with Crippen molar-refractivity contribution in [2.75, 3.05) is 13.2 Å². The van der Waals surface area contributed by atoms with Crippen LogP contribution < -0.4 is 0 Å². The third-order valence-electron chi connectivity index (χ3n) is 6.20. The molecular weight excluding hydrogens is 400 g/mol. The Morgan fingerprint density at radius 2 is 1.12 bits per heavy atom. The molecule has 0 unspecified atom stereocenters. The van der Waals surface area contributed by atoms with Gasteiger partial charge in [0.2, 0.25) is 0 Å². The van der Waals surface area contributed by atoms with E-state index in [9.17, 15) is 9.59 Å². The van der Waals surface area contributed by atoms with Gasteiger partial charge in [0.1, 0.15) is 0 Å². The zero-order valence-electron chi connectivity index (χ0n) is 20.8. The Hall–Kier alpha value is -1.84. The van der Waals surface area contributed by atoms with E-state index in [4.69, 9.17) is 9.47 Å². The SMILES string of the molecule is CCCCCCCCCCCCC(CCCc1ccccc1)(C(=O)OCC)C(=O)OCC.